The molecule has 1 unspecified atom stereocenters. The van der Waals surface area contributed by atoms with Crippen molar-refractivity contribution in [2.45, 2.75) is 32.4 Å². The average molecular weight is 240 g/mol. The van der Waals surface area contributed by atoms with Gasteiger partial charge in [0.1, 0.15) is 0 Å². The van der Waals surface area contributed by atoms with Crippen LogP contribution in [0.5, 0.6) is 0 Å². The molecule has 0 aromatic rings. The van der Waals surface area contributed by atoms with Gasteiger partial charge >= 0.3 is 0 Å². The van der Waals surface area contributed by atoms with E-state index in [1.165, 1.54) is 14.0 Å². The number of aliphatic hydroxyl groups is 2. The molecule has 0 saturated heterocycles. The Morgan fingerprint density at radius 2 is 1.93 bits per heavy atom. The summed E-state index contributed by atoms with van der Waals surface area (Å²) in [5.41, 5.74) is -1.44. The van der Waals surface area contributed by atoms with Gasteiger partial charge in [-0.15, -0.1) is 0 Å². The van der Waals surface area contributed by atoms with Gasteiger partial charge in [-0.1, -0.05) is 0 Å². The molecule has 92 valence electrons. The van der Waals surface area contributed by atoms with E-state index >= 15 is 0 Å². The summed E-state index contributed by atoms with van der Waals surface area (Å²) in [4.78, 5) is 0. The molecule has 0 fully saturated rings. The van der Waals surface area contributed by atoms with E-state index < -0.39 is 22.4 Å². The molecule has 0 aliphatic carbocycles. The molecule has 0 aromatic carbocycles. The number of rotatable bonds is 6. The van der Waals surface area contributed by atoms with Crippen LogP contribution in [0.25, 0.3) is 0 Å². The average Bonchev–Trinajstić information content (AvgIpc) is 2.14. The van der Waals surface area contributed by atoms with Gasteiger partial charge in [-0.2, -0.15) is 17.4 Å². The van der Waals surface area contributed by atoms with Crippen molar-refractivity contribution in [2.75, 3.05) is 20.2 Å². The third kappa shape index (κ3) is 4.89. The SMILES string of the molecule is CC(C)N(C)S(=O)(=O)NCC(C)(O)CO. The van der Waals surface area contributed by atoms with Crippen molar-refractivity contribution in [3.63, 3.8) is 0 Å². The van der Waals surface area contributed by atoms with Crippen LogP contribution in [0.2, 0.25) is 0 Å². The van der Waals surface area contributed by atoms with Crippen molar-refractivity contribution in [1.29, 1.82) is 0 Å². The van der Waals surface area contributed by atoms with Gasteiger partial charge in [-0.05, 0) is 20.8 Å². The van der Waals surface area contributed by atoms with E-state index in [-0.39, 0.29) is 12.6 Å². The van der Waals surface area contributed by atoms with Gasteiger partial charge < -0.3 is 10.2 Å². The summed E-state index contributed by atoms with van der Waals surface area (Å²) in [7, 11) is -2.15. The van der Waals surface area contributed by atoms with E-state index in [0.29, 0.717) is 0 Å². The summed E-state index contributed by atoms with van der Waals surface area (Å²) in [5.74, 6) is 0. The maximum absolute atomic E-state index is 11.6. The van der Waals surface area contributed by atoms with Crippen LogP contribution in [0, 0.1) is 0 Å². The number of hydrogen-bond donors (Lipinski definition) is 3. The lowest BCUT2D eigenvalue weighted by molar-refractivity contribution is 0.00653. The molecule has 3 N–H and O–H groups in total. The summed E-state index contributed by atoms with van der Waals surface area (Å²) >= 11 is 0. The molecule has 0 amide bonds. The zero-order valence-electron chi connectivity index (χ0n) is 9.56. The van der Waals surface area contributed by atoms with Crippen molar-refractivity contribution in [1.82, 2.24) is 9.03 Å². The van der Waals surface area contributed by atoms with Gasteiger partial charge in [0.2, 0.25) is 0 Å². The normalized spacial score (nSPS) is 17.1. The maximum Gasteiger partial charge on any atom is 0.279 e. The molecule has 1 atom stereocenters. The molecular formula is C8H20N2O4S. The lowest BCUT2D eigenvalue weighted by Crippen LogP contribution is -2.48. The van der Waals surface area contributed by atoms with Crippen LogP contribution in [-0.2, 0) is 10.2 Å². The molecule has 0 bridgehead atoms. The minimum atomic E-state index is -3.59. The second-order valence-corrected chi connectivity index (χ2v) is 5.91. The van der Waals surface area contributed by atoms with Gasteiger partial charge in [-0.3, -0.25) is 0 Å². The van der Waals surface area contributed by atoms with E-state index in [0.717, 1.165) is 4.31 Å². The first-order chi connectivity index (χ1) is 6.62. The van der Waals surface area contributed by atoms with Crippen molar-refractivity contribution in [3.8, 4) is 0 Å². The van der Waals surface area contributed by atoms with E-state index in [1.807, 2.05) is 0 Å². The molecule has 0 aliphatic heterocycles. The van der Waals surface area contributed by atoms with Crippen LogP contribution >= 0.6 is 0 Å². The van der Waals surface area contributed by atoms with Gasteiger partial charge in [0, 0.05) is 19.6 Å². The van der Waals surface area contributed by atoms with Gasteiger partial charge in [0.15, 0.2) is 0 Å². The largest absolute Gasteiger partial charge is 0.393 e. The van der Waals surface area contributed by atoms with E-state index in [2.05, 4.69) is 4.72 Å². The van der Waals surface area contributed by atoms with Crippen LogP contribution in [0.4, 0.5) is 0 Å². The fraction of sp³-hybridized carbons (Fsp3) is 1.00. The minimum absolute atomic E-state index is 0.165. The number of nitrogens with one attached hydrogen (secondary N) is 1. The van der Waals surface area contributed by atoms with Crippen molar-refractivity contribution in [3.05, 3.63) is 0 Å². The van der Waals surface area contributed by atoms with Crippen LogP contribution in [-0.4, -0.2) is 54.8 Å². The Bertz CT molecular complexity index is 287. The Kier molecular flexibility index (Phi) is 5.15. The second-order valence-electron chi connectivity index (χ2n) is 4.09. The summed E-state index contributed by atoms with van der Waals surface area (Å²) in [6.07, 6.45) is 0. The molecule has 15 heavy (non-hydrogen) atoms. The Balaban J connectivity index is 4.42. The summed E-state index contributed by atoms with van der Waals surface area (Å²) in [6.45, 7) is 4.11. The quantitative estimate of drug-likeness (QED) is 0.550. The summed E-state index contributed by atoms with van der Waals surface area (Å²) in [5, 5.41) is 18.2. The van der Waals surface area contributed by atoms with Crippen LogP contribution in [0.15, 0.2) is 0 Å². The van der Waals surface area contributed by atoms with E-state index in [1.54, 1.807) is 13.8 Å². The van der Waals surface area contributed by atoms with E-state index in [9.17, 15) is 13.5 Å². The third-order valence-corrected chi connectivity index (χ3v) is 3.77. The monoisotopic (exact) mass is 240 g/mol. The first-order valence-corrected chi connectivity index (χ1v) is 6.12. The molecule has 0 spiro atoms. The maximum atomic E-state index is 11.6. The predicted molar refractivity (Wildman–Crippen MR) is 57.5 cm³/mol. The third-order valence-electron chi connectivity index (χ3n) is 2.08. The second kappa shape index (κ2) is 5.22. The Hall–Kier alpha value is -0.210. The van der Waals surface area contributed by atoms with Crippen molar-refractivity contribution < 1.29 is 18.6 Å². The van der Waals surface area contributed by atoms with Gasteiger partial charge in [0.25, 0.3) is 10.2 Å². The molecular weight excluding hydrogens is 220 g/mol. The van der Waals surface area contributed by atoms with E-state index in [4.69, 9.17) is 5.11 Å². The highest BCUT2D eigenvalue weighted by atomic mass is 32.2. The molecule has 0 aliphatic rings. The van der Waals surface area contributed by atoms with Crippen molar-refractivity contribution in [2.24, 2.45) is 0 Å². The highest BCUT2D eigenvalue weighted by Gasteiger charge is 2.25. The number of hydrogen-bond acceptors (Lipinski definition) is 4. The summed E-state index contributed by atoms with van der Waals surface area (Å²) < 4.78 is 26.5. The summed E-state index contributed by atoms with van der Waals surface area (Å²) in [6, 6.07) is -0.165. The van der Waals surface area contributed by atoms with Gasteiger partial charge in [-0.25, -0.2) is 0 Å². The Labute approximate surface area is 91.1 Å². The minimum Gasteiger partial charge on any atom is -0.393 e. The molecule has 6 nitrogen and oxygen atoms in total. The predicted octanol–water partition coefficient (Wildman–Crippen LogP) is -1.10. The molecule has 7 heteroatoms. The fourth-order valence-corrected chi connectivity index (χ4v) is 1.93. The van der Waals surface area contributed by atoms with Crippen LogP contribution in [0.3, 0.4) is 0 Å². The molecule has 0 aromatic heterocycles. The van der Waals surface area contributed by atoms with Crippen LogP contribution < -0.4 is 4.72 Å². The lowest BCUT2D eigenvalue weighted by atomic mass is 10.1. The van der Waals surface area contributed by atoms with Crippen molar-refractivity contribution >= 4 is 10.2 Å². The first-order valence-electron chi connectivity index (χ1n) is 4.68. The topological polar surface area (TPSA) is 89.9 Å². The zero-order chi connectivity index (χ0) is 12.3. The Morgan fingerprint density at radius 3 is 2.27 bits per heavy atom. The first kappa shape index (κ1) is 14.8. The number of aliphatic hydroxyl groups excluding tert-OH is 1. The fourth-order valence-electron chi connectivity index (χ4n) is 0.682. The molecule has 0 saturated carbocycles. The number of nitrogens with zero attached hydrogens (tertiary/aromatic N) is 1. The molecule has 0 heterocycles. The van der Waals surface area contributed by atoms with Gasteiger partial charge in [0.05, 0.1) is 12.2 Å². The highest BCUT2D eigenvalue weighted by molar-refractivity contribution is 7.87. The zero-order valence-corrected chi connectivity index (χ0v) is 10.4. The van der Waals surface area contributed by atoms with Crippen LogP contribution in [0.1, 0.15) is 20.8 Å². The smallest absolute Gasteiger partial charge is 0.279 e. The standard InChI is InChI=1S/C8H20N2O4S/c1-7(2)10(4)15(13,14)9-5-8(3,12)6-11/h7,9,11-12H,5-6H2,1-4H3. The highest BCUT2D eigenvalue weighted by Crippen LogP contribution is 2.04. The molecule has 0 rings (SSSR count). The Morgan fingerprint density at radius 1 is 1.47 bits per heavy atom. The lowest BCUT2D eigenvalue weighted by Gasteiger charge is -2.25. The molecule has 0 radical (unpaired) electrons.